The van der Waals surface area contributed by atoms with Crippen molar-refractivity contribution in [2.75, 3.05) is 13.6 Å². The van der Waals surface area contributed by atoms with Gasteiger partial charge >= 0.3 is 0 Å². The molecule has 2 saturated heterocycles. The van der Waals surface area contributed by atoms with Crippen molar-refractivity contribution < 1.29 is 0 Å². The summed E-state index contributed by atoms with van der Waals surface area (Å²) < 4.78 is 0. The van der Waals surface area contributed by atoms with Crippen molar-refractivity contribution in [3.8, 4) is 0 Å². The van der Waals surface area contributed by atoms with Crippen molar-refractivity contribution in [3.05, 3.63) is 24.3 Å². The Morgan fingerprint density at radius 3 is 2.50 bits per heavy atom. The van der Waals surface area contributed by atoms with Crippen molar-refractivity contribution in [3.63, 3.8) is 0 Å². The van der Waals surface area contributed by atoms with E-state index in [2.05, 4.69) is 34.2 Å². The maximum Gasteiger partial charge on any atom is 0.115 e. The number of piperidine rings is 1. The van der Waals surface area contributed by atoms with Crippen LogP contribution in [0.3, 0.4) is 0 Å². The van der Waals surface area contributed by atoms with E-state index in [0.717, 1.165) is 24.5 Å². The zero-order valence-electron chi connectivity index (χ0n) is 12.6. The van der Waals surface area contributed by atoms with Crippen LogP contribution in [-0.2, 0) is 0 Å². The average Bonchev–Trinajstić information content (AvgIpc) is 2.70. The number of fused-ring (bicyclic) bond motifs is 2. The Morgan fingerprint density at radius 1 is 1.25 bits per heavy atom. The summed E-state index contributed by atoms with van der Waals surface area (Å²) in [7, 11) is 2.30. The first-order valence-electron chi connectivity index (χ1n) is 7.99. The maximum absolute atomic E-state index is 4.22. The zero-order valence-corrected chi connectivity index (χ0v) is 12.6. The lowest BCUT2D eigenvalue weighted by molar-refractivity contribution is 0.112. The summed E-state index contributed by atoms with van der Waals surface area (Å²) in [4.78, 5) is 11.0. The Hall–Kier alpha value is -1.00. The van der Waals surface area contributed by atoms with Gasteiger partial charge in [-0.3, -0.25) is 0 Å². The van der Waals surface area contributed by atoms with Gasteiger partial charge in [0.15, 0.2) is 0 Å². The number of rotatable bonds is 5. The molecule has 0 radical (unpaired) electrons. The van der Waals surface area contributed by atoms with E-state index in [0.29, 0.717) is 6.04 Å². The Kier molecular flexibility index (Phi) is 4.32. The van der Waals surface area contributed by atoms with Gasteiger partial charge in [-0.15, -0.1) is 0 Å². The molecule has 0 aliphatic carbocycles. The van der Waals surface area contributed by atoms with Crippen molar-refractivity contribution >= 4 is 0 Å². The highest BCUT2D eigenvalue weighted by molar-refractivity contribution is 5.12. The molecule has 2 fully saturated rings. The summed E-state index contributed by atoms with van der Waals surface area (Å²) in [6, 6.07) is 2.00. The zero-order chi connectivity index (χ0) is 13.9. The van der Waals surface area contributed by atoms with Gasteiger partial charge in [-0.2, -0.15) is 0 Å². The van der Waals surface area contributed by atoms with Crippen LogP contribution in [0, 0.1) is 5.92 Å². The summed E-state index contributed by atoms with van der Waals surface area (Å²) in [6.45, 7) is 3.30. The highest BCUT2D eigenvalue weighted by Gasteiger charge is 2.41. The van der Waals surface area contributed by atoms with Crippen LogP contribution in [0.25, 0.3) is 0 Å². The van der Waals surface area contributed by atoms with E-state index >= 15 is 0 Å². The van der Waals surface area contributed by atoms with E-state index in [1.165, 1.54) is 37.7 Å². The van der Waals surface area contributed by atoms with Gasteiger partial charge < -0.3 is 10.2 Å². The highest BCUT2D eigenvalue weighted by atomic mass is 15.2. The van der Waals surface area contributed by atoms with Gasteiger partial charge in [0, 0.05) is 36.1 Å². The fraction of sp³-hybridized carbons (Fsp3) is 0.750. The summed E-state index contributed by atoms with van der Waals surface area (Å²) in [5.74, 6) is 0.723. The molecule has 1 aromatic rings. The minimum Gasteiger partial charge on any atom is -0.310 e. The average molecular weight is 274 g/mol. The molecule has 110 valence electrons. The van der Waals surface area contributed by atoms with E-state index < -0.39 is 0 Å². The van der Waals surface area contributed by atoms with E-state index in [9.17, 15) is 0 Å². The molecule has 0 spiro atoms. The summed E-state index contributed by atoms with van der Waals surface area (Å²) in [6.07, 6.45) is 12.1. The highest BCUT2D eigenvalue weighted by Crippen LogP contribution is 2.42. The molecular formula is C16H26N4. The van der Waals surface area contributed by atoms with Crippen LogP contribution >= 0.6 is 0 Å². The quantitative estimate of drug-likeness (QED) is 0.895. The second-order valence-electron chi connectivity index (χ2n) is 6.39. The molecular weight excluding hydrogens is 248 g/mol. The van der Waals surface area contributed by atoms with Gasteiger partial charge in [-0.25, -0.2) is 9.97 Å². The van der Waals surface area contributed by atoms with E-state index in [-0.39, 0.29) is 0 Å². The molecule has 2 aliphatic heterocycles. The Balaban J connectivity index is 1.76. The first-order valence-corrected chi connectivity index (χ1v) is 7.99. The molecule has 3 atom stereocenters. The minimum absolute atomic E-state index is 0.424. The SMILES string of the molecule is CCCNC(c1cncnc1)C1CC2CCC(C1)N2C. The molecule has 3 unspecified atom stereocenters. The molecule has 3 heterocycles. The predicted octanol–water partition coefficient (Wildman–Crippen LogP) is 2.39. The fourth-order valence-corrected chi connectivity index (χ4v) is 4.05. The molecule has 1 aromatic heterocycles. The van der Waals surface area contributed by atoms with Crippen LogP contribution in [0.4, 0.5) is 0 Å². The normalized spacial score (nSPS) is 31.4. The van der Waals surface area contributed by atoms with Crippen LogP contribution in [0.1, 0.15) is 50.6 Å². The molecule has 4 nitrogen and oxygen atoms in total. The smallest absolute Gasteiger partial charge is 0.115 e. The topological polar surface area (TPSA) is 41.1 Å². The van der Waals surface area contributed by atoms with Crippen molar-refractivity contribution in [2.24, 2.45) is 5.92 Å². The van der Waals surface area contributed by atoms with E-state index in [1.807, 2.05) is 12.4 Å². The molecule has 1 N–H and O–H groups in total. The van der Waals surface area contributed by atoms with Crippen molar-refractivity contribution in [1.82, 2.24) is 20.2 Å². The monoisotopic (exact) mass is 274 g/mol. The van der Waals surface area contributed by atoms with Crippen LogP contribution < -0.4 is 5.32 Å². The predicted molar refractivity (Wildman–Crippen MR) is 80.4 cm³/mol. The van der Waals surface area contributed by atoms with E-state index in [1.54, 1.807) is 6.33 Å². The Labute approximate surface area is 122 Å². The third kappa shape index (κ3) is 2.72. The Morgan fingerprint density at radius 2 is 1.90 bits per heavy atom. The van der Waals surface area contributed by atoms with Crippen LogP contribution in [-0.4, -0.2) is 40.5 Å². The molecule has 2 aliphatic rings. The number of nitrogens with one attached hydrogen (secondary N) is 1. The summed E-state index contributed by atoms with van der Waals surface area (Å²) in [5.41, 5.74) is 1.26. The van der Waals surface area contributed by atoms with Crippen molar-refractivity contribution in [1.29, 1.82) is 0 Å². The van der Waals surface area contributed by atoms with Crippen LogP contribution in [0.2, 0.25) is 0 Å². The lowest BCUT2D eigenvalue weighted by atomic mass is 9.82. The number of nitrogens with zero attached hydrogens (tertiary/aromatic N) is 3. The second kappa shape index (κ2) is 6.19. The van der Waals surface area contributed by atoms with Crippen LogP contribution in [0.5, 0.6) is 0 Å². The van der Waals surface area contributed by atoms with Gasteiger partial charge in [0.25, 0.3) is 0 Å². The lowest BCUT2D eigenvalue weighted by Crippen LogP contribution is -2.44. The lowest BCUT2D eigenvalue weighted by Gasteiger charge is -2.40. The van der Waals surface area contributed by atoms with Gasteiger partial charge in [-0.1, -0.05) is 6.92 Å². The van der Waals surface area contributed by atoms with Crippen molar-refractivity contribution in [2.45, 2.75) is 57.2 Å². The maximum atomic E-state index is 4.22. The molecule has 0 saturated carbocycles. The molecule has 4 heteroatoms. The summed E-state index contributed by atoms with van der Waals surface area (Å²) in [5, 5.41) is 3.74. The standard InChI is InChI=1S/C16H26N4/c1-3-6-19-16(13-9-17-11-18-10-13)12-7-14-4-5-15(8-12)20(14)2/h9-12,14-16,19H,3-8H2,1-2H3. The summed E-state index contributed by atoms with van der Waals surface area (Å²) >= 11 is 0. The number of hydrogen-bond donors (Lipinski definition) is 1. The number of aromatic nitrogens is 2. The van der Waals surface area contributed by atoms with E-state index in [4.69, 9.17) is 0 Å². The second-order valence-corrected chi connectivity index (χ2v) is 6.39. The minimum atomic E-state index is 0.424. The molecule has 0 aromatic carbocycles. The fourth-order valence-electron chi connectivity index (χ4n) is 4.05. The third-order valence-electron chi connectivity index (χ3n) is 5.16. The molecule has 3 rings (SSSR count). The third-order valence-corrected chi connectivity index (χ3v) is 5.16. The van der Waals surface area contributed by atoms with Gasteiger partial charge in [0.1, 0.15) is 6.33 Å². The van der Waals surface area contributed by atoms with Crippen LogP contribution in [0.15, 0.2) is 18.7 Å². The van der Waals surface area contributed by atoms with Gasteiger partial charge in [0.05, 0.1) is 0 Å². The van der Waals surface area contributed by atoms with Gasteiger partial charge in [0.2, 0.25) is 0 Å². The van der Waals surface area contributed by atoms with Gasteiger partial charge in [-0.05, 0) is 51.6 Å². The Bertz CT molecular complexity index is 408. The molecule has 0 amide bonds. The first-order chi connectivity index (χ1) is 9.79. The first kappa shape index (κ1) is 14.0. The largest absolute Gasteiger partial charge is 0.310 e. The number of hydrogen-bond acceptors (Lipinski definition) is 4. The molecule has 20 heavy (non-hydrogen) atoms. The molecule has 2 bridgehead atoms.